The number of rotatable bonds is 28. The number of aryl methyl sites for hydroxylation is 1. The SMILES string of the molecule is Cc1c(-c2ccc(-c3cnn(CC45CC6(C)CC(C)(C4)CC(OCCN(C)COCc4ccc(O[C@@H]7O[C@H](C(=O)O)[C@@H](O)[C@H](O)[C@H]7O)cc4OCCOCCNC(=O)CCN4C(=O)C=CC4=O)(C6)C5)c3C)c(C(=O)O)n2)[nH]c2c(C(=O)Nc3nc4ccccc4s3)cccc12. The van der Waals surface area contributed by atoms with E-state index in [2.05, 4.69) is 34.4 Å². The molecule has 4 aliphatic carbocycles. The number of imide groups is 1. The number of benzene rings is 3. The van der Waals surface area contributed by atoms with Crippen LogP contribution < -0.4 is 20.1 Å². The van der Waals surface area contributed by atoms with E-state index >= 15 is 0 Å². The van der Waals surface area contributed by atoms with E-state index in [9.17, 15) is 54.3 Å². The highest BCUT2D eigenvalue weighted by molar-refractivity contribution is 7.22. The number of aliphatic carboxylic acids is 1. The van der Waals surface area contributed by atoms with Crippen molar-refractivity contribution in [3.05, 3.63) is 119 Å². The van der Waals surface area contributed by atoms with E-state index < -0.39 is 54.5 Å². The van der Waals surface area contributed by atoms with E-state index in [1.807, 2.05) is 72.9 Å². The van der Waals surface area contributed by atoms with E-state index in [1.54, 1.807) is 24.4 Å². The number of aromatic amines is 1. The van der Waals surface area contributed by atoms with Crippen LogP contribution in [-0.2, 0) is 51.3 Å². The Balaban J connectivity index is 0.668. The number of carbonyl (C=O) groups excluding carboxylic acids is 4. The van der Waals surface area contributed by atoms with Crippen LogP contribution in [0.25, 0.3) is 43.6 Å². The fourth-order valence-electron chi connectivity index (χ4n) is 15.7. The van der Waals surface area contributed by atoms with E-state index in [0.29, 0.717) is 69.7 Å². The summed E-state index contributed by atoms with van der Waals surface area (Å²) in [7, 11) is 1.93. The Morgan fingerprint density at radius 3 is 2.35 bits per heavy atom. The number of carboxylic acid groups (broad SMARTS) is 2. The van der Waals surface area contributed by atoms with Gasteiger partial charge in [-0.2, -0.15) is 5.10 Å². The molecule has 26 nitrogen and oxygen atoms in total. The third kappa shape index (κ3) is 14.1. The number of pyridine rings is 1. The number of amides is 4. The zero-order chi connectivity index (χ0) is 67.1. The van der Waals surface area contributed by atoms with Gasteiger partial charge >= 0.3 is 11.9 Å². The summed E-state index contributed by atoms with van der Waals surface area (Å²) in [5.41, 5.74) is 5.60. The Morgan fingerprint density at radius 2 is 1.60 bits per heavy atom. The van der Waals surface area contributed by atoms with Gasteiger partial charge in [-0.05, 0) is 124 Å². The molecular weight excluding hydrogens is 1250 g/mol. The summed E-state index contributed by atoms with van der Waals surface area (Å²) in [6.07, 6.45) is 0.667. The number of aromatic carboxylic acids is 1. The molecule has 4 amide bonds. The smallest absolute Gasteiger partial charge is 0.355 e. The number of ether oxygens (including phenoxy) is 6. The first kappa shape index (κ1) is 66.5. The molecule has 1 saturated heterocycles. The van der Waals surface area contributed by atoms with Crippen LogP contribution in [0.1, 0.15) is 96.5 Å². The fourth-order valence-corrected chi connectivity index (χ4v) is 16.5. The topological polar surface area (TPSA) is 349 Å². The lowest BCUT2D eigenvalue weighted by Crippen LogP contribution is -2.64. The maximum absolute atomic E-state index is 13.8. The monoisotopic (exact) mass is 1320 g/mol. The largest absolute Gasteiger partial charge is 0.491 e. The molecule has 2 unspecified atom stereocenters. The molecule has 5 fully saturated rings. The first-order valence-corrected chi connectivity index (χ1v) is 32.4. The number of fused-ring (bicyclic) bond motifs is 2. The Labute approximate surface area is 550 Å². The lowest BCUT2D eigenvalue weighted by Gasteiger charge is -2.69. The Kier molecular flexibility index (Phi) is 18.9. The maximum atomic E-state index is 13.8. The van der Waals surface area contributed by atoms with Crippen molar-refractivity contribution in [2.75, 3.05) is 65.2 Å². The molecule has 13 rings (SSSR count). The number of para-hydroxylation sites is 2. The number of H-pyrrole nitrogens is 1. The Bertz CT molecular complexity index is 4080. The second-order valence-corrected chi connectivity index (χ2v) is 27.6. The van der Waals surface area contributed by atoms with Crippen LogP contribution in [0.2, 0.25) is 0 Å². The third-order valence-corrected chi connectivity index (χ3v) is 19.8. The number of hydrogen-bond donors (Lipinski definition) is 8. The summed E-state index contributed by atoms with van der Waals surface area (Å²) in [6, 6.07) is 21.4. The van der Waals surface area contributed by atoms with Crippen LogP contribution >= 0.6 is 11.3 Å². The van der Waals surface area contributed by atoms with Crippen LogP contribution in [0.15, 0.2) is 91.1 Å². The number of aliphatic hydroxyl groups is 3. The number of hydrogen-bond acceptors (Lipinski definition) is 20. The lowest BCUT2D eigenvalue weighted by molar-refractivity contribution is -0.271. The van der Waals surface area contributed by atoms with Crippen LogP contribution in [0.4, 0.5) is 5.13 Å². The lowest BCUT2D eigenvalue weighted by atomic mass is 9.39. The van der Waals surface area contributed by atoms with Gasteiger partial charge < -0.3 is 64.3 Å². The highest BCUT2D eigenvalue weighted by atomic mass is 32.1. The summed E-state index contributed by atoms with van der Waals surface area (Å²) in [6.45, 7) is 10.9. The first-order valence-electron chi connectivity index (χ1n) is 31.6. The molecule has 0 spiro atoms. The number of carboxylic acids is 2. The number of aromatic nitrogens is 5. The quantitative estimate of drug-likeness (QED) is 0.0145. The molecule has 8 N–H and O–H groups in total. The molecule has 7 atom stereocenters. The van der Waals surface area contributed by atoms with Crippen molar-refractivity contribution < 1.29 is 82.7 Å². The van der Waals surface area contributed by atoms with Gasteiger partial charge in [0.1, 0.15) is 36.4 Å². The van der Waals surface area contributed by atoms with Crippen molar-refractivity contribution >= 4 is 73.2 Å². The van der Waals surface area contributed by atoms with Crippen molar-refractivity contribution in [3.63, 3.8) is 0 Å². The van der Waals surface area contributed by atoms with Crippen molar-refractivity contribution in [1.29, 1.82) is 0 Å². The number of aliphatic hydroxyl groups excluding tert-OH is 3. The van der Waals surface area contributed by atoms with Gasteiger partial charge in [0.05, 0.1) is 77.6 Å². The molecular formula is C68H77N9O17S. The van der Waals surface area contributed by atoms with Crippen LogP contribution in [0.5, 0.6) is 11.5 Å². The first-order chi connectivity index (χ1) is 45.4. The highest BCUT2D eigenvalue weighted by Gasteiger charge is 2.66. The molecule has 3 aromatic carbocycles. The minimum atomic E-state index is -1.91. The van der Waals surface area contributed by atoms with Crippen LogP contribution in [-0.4, -0.2) is 192 Å². The van der Waals surface area contributed by atoms with Gasteiger partial charge in [-0.1, -0.05) is 49.4 Å². The molecule has 6 heterocycles. The van der Waals surface area contributed by atoms with Crippen LogP contribution in [0, 0.1) is 30.1 Å². The van der Waals surface area contributed by atoms with Gasteiger partial charge in [-0.3, -0.25) is 39.0 Å². The predicted octanol–water partition coefficient (Wildman–Crippen LogP) is 6.61. The average molecular weight is 1320 g/mol. The number of likely N-dealkylation sites (N-methyl/N-ethyl adjacent to an activating group) is 1. The number of nitrogens with one attached hydrogen (secondary N) is 3. The van der Waals surface area contributed by atoms with Crippen molar-refractivity contribution in [1.82, 2.24) is 39.8 Å². The molecule has 502 valence electrons. The third-order valence-electron chi connectivity index (χ3n) is 18.8. The molecule has 7 aromatic rings. The zero-order valence-electron chi connectivity index (χ0n) is 53.3. The van der Waals surface area contributed by atoms with E-state index in [-0.39, 0.29) is 97.8 Å². The minimum absolute atomic E-state index is 0.0260. The van der Waals surface area contributed by atoms with Crippen molar-refractivity contribution in [3.8, 4) is 34.0 Å². The summed E-state index contributed by atoms with van der Waals surface area (Å²) in [5.74, 6) is -4.00. The summed E-state index contributed by atoms with van der Waals surface area (Å²) in [4.78, 5) is 90.4. The molecule has 4 bridgehead atoms. The Morgan fingerprint density at radius 1 is 0.832 bits per heavy atom. The summed E-state index contributed by atoms with van der Waals surface area (Å²) in [5, 5.41) is 63.5. The molecule has 95 heavy (non-hydrogen) atoms. The molecule has 4 aromatic heterocycles. The van der Waals surface area contributed by atoms with Crippen molar-refractivity contribution in [2.24, 2.45) is 16.2 Å². The van der Waals surface area contributed by atoms with Crippen molar-refractivity contribution in [2.45, 2.75) is 122 Å². The number of thiazole rings is 1. The summed E-state index contributed by atoms with van der Waals surface area (Å²) < 4.78 is 39.3. The average Bonchev–Trinajstić information content (AvgIpc) is 1.45. The predicted molar refractivity (Wildman–Crippen MR) is 345 cm³/mol. The molecule has 27 heteroatoms. The number of nitrogens with zero attached hydrogens (tertiary/aromatic N) is 6. The fraction of sp³-hybridized carbons (Fsp3) is 0.456. The van der Waals surface area contributed by atoms with E-state index in [0.717, 1.165) is 82.4 Å². The number of carbonyl (C=O) groups is 6. The van der Waals surface area contributed by atoms with E-state index in [1.165, 1.54) is 23.5 Å². The number of anilines is 1. The van der Waals surface area contributed by atoms with Gasteiger partial charge in [0, 0.05) is 78.6 Å². The minimum Gasteiger partial charge on any atom is -0.491 e. The standard InChI is InChI=1S/C68H77N9O17S/c1-38-42-9-8-10-44(60(84)74-64-72-46-11-6-7-12-49(46)95-64)54(42)73-53(38)47-16-15-43(55(71-47)61(85)86)45-28-70-77(39(45)2)36-67-31-65(3)30-66(4,32-67)34-68(33-65,35-67)92-24-22-75(5)37-90-29-40-13-14-41(93-63-58(83)56(81)57(82)59(94-63)62(87)88)27-48(40)91-26-25-89-23-20-69-50(78)19-21-76-51(79)17-18-52(76)80/h6-18,27-28,56-59,63,73,81-83H,19-26,29-37H2,1-5H3,(H,69,78)(H,85,86)(H,87,88)(H,72,74,84)/t56-,57-,58+,59-,63+,65?,66?,67?,68?/m0/s1. The van der Waals surface area contributed by atoms with E-state index in [4.69, 9.17) is 38.5 Å². The van der Waals surface area contributed by atoms with Gasteiger partial charge in [0.2, 0.25) is 12.2 Å². The molecule has 6 aliphatic rings. The second-order valence-electron chi connectivity index (χ2n) is 26.6. The highest BCUT2D eigenvalue weighted by Crippen LogP contribution is 2.72. The zero-order valence-corrected chi connectivity index (χ0v) is 54.1. The summed E-state index contributed by atoms with van der Waals surface area (Å²) >= 11 is 1.39. The molecule has 2 aliphatic heterocycles. The molecule has 0 radical (unpaired) electrons. The van der Waals surface area contributed by atoms with Gasteiger partial charge in [-0.15, -0.1) is 0 Å². The van der Waals surface area contributed by atoms with Gasteiger partial charge in [0.15, 0.2) is 16.9 Å². The normalized spacial score (nSPS) is 25.3. The second kappa shape index (κ2) is 26.9. The van der Waals surface area contributed by atoms with Gasteiger partial charge in [-0.25, -0.2) is 19.6 Å². The molecule has 4 saturated carbocycles. The Hall–Kier alpha value is -8.51. The van der Waals surface area contributed by atoms with Crippen LogP contribution in [0.3, 0.4) is 0 Å². The maximum Gasteiger partial charge on any atom is 0.355 e. The van der Waals surface area contributed by atoms with Gasteiger partial charge in [0.25, 0.3) is 17.7 Å².